The number of hydrogen-bond acceptors (Lipinski definition) is 5. The number of thioether (sulfide) groups is 1. The van der Waals surface area contributed by atoms with Gasteiger partial charge in [0.15, 0.2) is 4.34 Å². The van der Waals surface area contributed by atoms with Gasteiger partial charge in [0, 0.05) is 17.5 Å². The van der Waals surface area contributed by atoms with Gasteiger partial charge in [-0.2, -0.15) is 0 Å². The molecule has 0 aliphatic carbocycles. The second-order valence-corrected chi connectivity index (χ2v) is 7.25. The minimum atomic E-state index is -0.790. The number of anilines is 1. The van der Waals surface area contributed by atoms with E-state index in [4.69, 9.17) is 5.11 Å². The molecule has 1 aromatic carbocycles. The summed E-state index contributed by atoms with van der Waals surface area (Å²) in [4.78, 5) is 15.0. The molecule has 0 radical (unpaired) electrons. The largest absolute Gasteiger partial charge is 0.481 e. The smallest absolute Gasteiger partial charge is 0.305 e. The molecule has 7 heteroatoms. The number of carboxylic acid groups (broad SMARTS) is 1. The van der Waals surface area contributed by atoms with Crippen molar-refractivity contribution in [3.05, 3.63) is 18.2 Å². The molecule has 2 rings (SSSR count). The maximum Gasteiger partial charge on any atom is 0.305 e. The predicted octanol–water partition coefficient (Wildman–Crippen LogP) is 2.86. The van der Waals surface area contributed by atoms with Crippen LogP contribution in [-0.4, -0.2) is 33.3 Å². The van der Waals surface area contributed by atoms with Gasteiger partial charge in [-0.3, -0.25) is 4.79 Å². The van der Waals surface area contributed by atoms with Crippen LogP contribution in [0.15, 0.2) is 22.5 Å². The maximum absolute atomic E-state index is 10.5. The molecule has 110 valence electrons. The third-order valence-electron chi connectivity index (χ3n) is 2.37. The SMILES string of the molecule is CC(C)Sc1nc2ccc(NCCC(=O)O)cc2s1.O. The van der Waals surface area contributed by atoms with Crippen LogP contribution in [-0.2, 0) is 4.79 Å². The van der Waals surface area contributed by atoms with Crippen LogP contribution < -0.4 is 5.32 Å². The number of nitrogens with zero attached hydrogens (tertiary/aromatic N) is 1. The molecule has 0 fully saturated rings. The fraction of sp³-hybridized carbons (Fsp3) is 0.385. The van der Waals surface area contributed by atoms with Gasteiger partial charge in [0.2, 0.25) is 0 Å². The Balaban J connectivity index is 0.00000200. The molecular weight excluding hydrogens is 296 g/mol. The van der Waals surface area contributed by atoms with Gasteiger partial charge in [0.25, 0.3) is 0 Å². The lowest BCUT2D eigenvalue weighted by Gasteiger charge is -2.03. The zero-order chi connectivity index (χ0) is 13.8. The van der Waals surface area contributed by atoms with Gasteiger partial charge < -0.3 is 15.9 Å². The molecule has 4 N–H and O–H groups in total. The Kier molecular flexibility index (Phi) is 6.25. The van der Waals surface area contributed by atoms with Gasteiger partial charge in [-0.15, -0.1) is 11.3 Å². The minimum absolute atomic E-state index is 0. The van der Waals surface area contributed by atoms with Gasteiger partial charge in [0.05, 0.1) is 16.6 Å². The molecular formula is C13H18N2O3S2. The first-order valence-electron chi connectivity index (χ1n) is 6.07. The summed E-state index contributed by atoms with van der Waals surface area (Å²) in [6, 6.07) is 5.94. The standard InChI is InChI=1S/C13H16N2O2S2.H2O/c1-8(2)18-13-15-10-4-3-9(7-11(10)19-13)14-6-5-12(16)17;/h3-4,7-8,14H,5-6H2,1-2H3,(H,16,17);1H2. The minimum Gasteiger partial charge on any atom is -0.481 e. The Bertz CT molecular complexity index is 584. The third kappa shape index (κ3) is 4.66. The summed E-state index contributed by atoms with van der Waals surface area (Å²) in [6.07, 6.45) is 0.120. The number of hydrogen-bond donors (Lipinski definition) is 2. The first kappa shape index (κ1) is 16.7. The summed E-state index contributed by atoms with van der Waals surface area (Å²) in [7, 11) is 0. The highest BCUT2D eigenvalue weighted by Gasteiger charge is 2.07. The average Bonchev–Trinajstić information content (AvgIpc) is 2.68. The van der Waals surface area contributed by atoms with E-state index in [9.17, 15) is 4.79 Å². The maximum atomic E-state index is 10.5. The van der Waals surface area contributed by atoms with E-state index in [0.717, 1.165) is 20.2 Å². The van der Waals surface area contributed by atoms with Crippen molar-refractivity contribution in [3.8, 4) is 0 Å². The van der Waals surface area contributed by atoms with Crippen molar-refractivity contribution >= 4 is 45.0 Å². The molecule has 20 heavy (non-hydrogen) atoms. The number of thiazole rings is 1. The van der Waals surface area contributed by atoms with Gasteiger partial charge in [0.1, 0.15) is 0 Å². The topological polar surface area (TPSA) is 93.7 Å². The molecule has 0 saturated carbocycles. The quantitative estimate of drug-likeness (QED) is 0.800. The van der Waals surface area contributed by atoms with E-state index in [2.05, 4.69) is 24.1 Å². The lowest BCUT2D eigenvalue weighted by molar-refractivity contribution is -0.136. The second-order valence-electron chi connectivity index (χ2n) is 4.40. The summed E-state index contributed by atoms with van der Waals surface area (Å²) in [5.41, 5.74) is 1.94. The number of carboxylic acids is 1. The molecule has 0 spiro atoms. The molecule has 1 aromatic heterocycles. The molecule has 5 nitrogen and oxygen atoms in total. The van der Waals surface area contributed by atoms with Gasteiger partial charge >= 0.3 is 5.97 Å². The fourth-order valence-electron chi connectivity index (χ4n) is 1.58. The van der Waals surface area contributed by atoms with E-state index < -0.39 is 5.97 Å². The molecule has 0 bridgehead atoms. The molecule has 0 aliphatic heterocycles. The van der Waals surface area contributed by atoms with Gasteiger partial charge in [-0.1, -0.05) is 25.6 Å². The predicted molar refractivity (Wildman–Crippen MR) is 85.0 cm³/mol. The fourth-order valence-corrected chi connectivity index (χ4v) is 3.91. The zero-order valence-electron chi connectivity index (χ0n) is 11.3. The van der Waals surface area contributed by atoms with E-state index in [1.165, 1.54) is 0 Å². The van der Waals surface area contributed by atoms with E-state index in [1.54, 1.807) is 23.1 Å². The first-order chi connectivity index (χ1) is 9.04. The molecule has 1 heterocycles. The van der Waals surface area contributed by atoms with Crippen LogP contribution >= 0.6 is 23.1 Å². The molecule has 0 amide bonds. The summed E-state index contributed by atoms with van der Waals surface area (Å²) in [5, 5.41) is 12.2. The lowest BCUT2D eigenvalue weighted by Crippen LogP contribution is -2.07. The van der Waals surface area contributed by atoms with Crippen molar-refractivity contribution in [1.29, 1.82) is 0 Å². The van der Waals surface area contributed by atoms with E-state index in [0.29, 0.717) is 11.8 Å². The summed E-state index contributed by atoms with van der Waals surface area (Å²) >= 11 is 3.44. The highest BCUT2D eigenvalue weighted by molar-refractivity contribution is 8.01. The average molecular weight is 314 g/mol. The Labute approximate surface area is 125 Å². The number of benzene rings is 1. The van der Waals surface area contributed by atoms with Crippen molar-refractivity contribution in [2.24, 2.45) is 0 Å². The van der Waals surface area contributed by atoms with Crippen molar-refractivity contribution in [3.63, 3.8) is 0 Å². The summed E-state index contributed by atoms with van der Waals surface area (Å²) in [6.45, 7) is 4.73. The van der Waals surface area contributed by atoms with E-state index >= 15 is 0 Å². The molecule has 0 atom stereocenters. The number of nitrogens with one attached hydrogen (secondary N) is 1. The van der Waals surface area contributed by atoms with Crippen LogP contribution in [0.25, 0.3) is 10.2 Å². The Hall–Kier alpha value is -1.31. The van der Waals surface area contributed by atoms with Crippen LogP contribution in [0.3, 0.4) is 0 Å². The van der Waals surface area contributed by atoms with Crippen LogP contribution in [0.1, 0.15) is 20.3 Å². The highest BCUT2D eigenvalue weighted by Crippen LogP contribution is 2.33. The van der Waals surface area contributed by atoms with Gasteiger partial charge in [-0.25, -0.2) is 4.98 Å². The van der Waals surface area contributed by atoms with Crippen LogP contribution in [0, 0.1) is 0 Å². The third-order valence-corrected chi connectivity index (χ3v) is 4.49. The Morgan fingerprint density at radius 2 is 2.25 bits per heavy atom. The van der Waals surface area contributed by atoms with Crippen molar-refractivity contribution in [1.82, 2.24) is 4.98 Å². The molecule has 0 aliphatic rings. The van der Waals surface area contributed by atoms with Crippen molar-refractivity contribution in [2.45, 2.75) is 29.9 Å². The number of aromatic nitrogens is 1. The molecule has 0 saturated heterocycles. The monoisotopic (exact) mass is 314 g/mol. The zero-order valence-corrected chi connectivity index (χ0v) is 13.0. The number of carbonyl (C=O) groups is 1. The number of aliphatic carboxylic acids is 1. The summed E-state index contributed by atoms with van der Waals surface area (Å²) in [5.74, 6) is -0.790. The van der Waals surface area contributed by atoms with Crippen LogP contribution in [0.2, 0.25) is 0 Å². The molecule has 0 unspecified atom stereocenters. The van der Waals surface area contributed by atoms with E-state index in [1.807, 2.05) is 18.2 Å². The van der Waals surface area contributed by atoms with Crippen LogP contribution in [0.5, 0.6) is 0 Å². The van der Waals surface area contributed by atoms with Crippen LogP contribution in [0.4, 0.5) is 5.69 Å². The number of fused-ring (bicyclic) bond motifs is 1. The summed E-state index contributed by atoms with van der Waals surface area (Å²) < 4.78 is 2.20. The highest BCUT2D eigenvalue weighted by atomic mass is 32.2. The van der Waals surface area contributed by atoms with Crippen molar-refractivity contribution < 1.29 is 15.4 Å². The Morgan fingerprint density at radius 3 is 2.90 bits per heavy atom. The van der Waals surface area contributed by atoms with Gasteiger partial charge in [-0.05, 0) is 18.2 Å². The normalized spacial score (nSPS) is 10.6. The number of rotatable bonds is 6. The first-order valence-corrected chi connectivity index (χ1v) is 7.77. The van der Waals surface area contributed by atoms with Crippen molar-refractivity contribution in [2.75, 3.05) is 11.9 Å². The Morgan fingerprint density at radius 1 is 1.50 bits per heavy atom. The molecule has 2 aromatic rings. The van der Waals surface area contributed by atoms with E-state index in [-0.39, 0.29) is 11.9 Å². The second kappa shape index (κ2) is 7.47. The lowest BCUT2D eigenvalue weighted by atomic mass is 10.3.